The van der Waals surface area contributed by atoms with E-state index >= 15 is 0 Å². The zero-order valence-corrected chi connectivity index (χ0v) is 20.6. The molecule has 198 valence electrons. The Labute approximate surface area is 220 Å². The third-order valence-corrected chi connectivity index (χ3v) is 6.55. The van der Waals surface area contributed by atoms with Crippen LogP contribution in [0.2, 0.25) is 0 Å². The maximum atomic E-state index is 12.5. The number of hydrogen-bond acceptors (Lipinski definition) is 7. The summed E-state index contributed by atoms with van der Waals surface area (Å²) in [7, 11) is 0. The van der Waals surface area contributed by atoms with Crippen molar-refractivity contribution in [1.82, 2.24) is 5.32 Å². The van der Waals surface area contributed by atoms with E-state index in [0.717, 1.165) is 17.3 Å². The topological polar surface area (TPSA) is 90.9 Å². The number of carbonyl (C=O) groups excluding carboxylic acids is 3. The van der Waals surface area contributed by atoms with Crippen molar-refractivity contribution in [2.45, 2.75) is 24.0 Å². The van der Waals surface area contributed by atoms with E-state index in [1.54, 1.807) is 54.6 Å². The number of halogens is 3. The second-order valence-electron chi connectivity index (χ2n) is 8.32. The second-order valence-corrected chi connectivity index (χ2v) is 9.50. The number of hydrogen-bond donors (Lipinski definition) is 1. The van der Waals surface area contributed by atoms with Crippen LogP contribution in [0.4, 0.5) is 18.0 Å². The van der Waals surface area contributed by atoms with Gasteiger partial charge in [-0.2, -0.15) is 0 Å². The Hall–Kier alpha value is -3.99. The molecule has 2 amide bonds. The Morgan fingerprint density at radius 1 is 0.895 bits per heavy atom. The number of esters is 1. The van der Waals surface area contributed by atoms with Crippen LogP contribution in [0.3, 0.4) is 0 Å². The monoisotopic (exact) mass is 545 g/mol. The fourth-order valence-electron chi connectivity index (χ4n) is 3.68. The molecule has 1 unspecified atom stereocenters. The summed E-state index contributed by atoms with van der Waals surface area (Å²) in [5, 5.41) is 1.40. The van der Waals surface area contributed by atoms with Crippen LogP contribution in [0, 0.1) is 0 Å². The largest absolute Gasteiger partial charge is 0.573 e. The number of rotatable bonds is 10. The minimum atomic E-state index is -4.81. The summed E-state index contributed by atoms with van der Waals surface area (Å²) in [6, 6.07) is 20.7. The Morgan fingerprint density at radius 3 is 2.16 bits per heavy atom. The number of ether oxygens (including phenoxy) is 3. The Balaban J connectivity index is 1.41. The fraction of sp³-hybridized carbons (Fsp3) is 0.222. The average Bonchev–Trinajstić information content (AvgIpc) is 3.21. The van der Waals surface area contributed by atoms with Crippen molar-refractivity contribution < 1.29 is 41.8 Å². The van der Waals surface area contributed by atoms with Gasteiger partial charge in [0.1, 0.15) is 18.1 Å². The van der Waals surface area contributed by atoms with E-state index in [1.807, 2.05) is 0 Å². The summed E-state index contributed by atoms with van der Waals surface area (Å²) in [4.78, 5) is 35.6. The molecular formula is C27H22F3NO6S. The van der Waals surface area contributed by atoms with Crippen molar-refractivity contribution in [1.29, 1.82) is 0 Å². The summed E-state index contributed by atoms with van der Waals surface area (Å²) in [5.41, 5.74) is 1.80. The lowest BCUT2D eigenvalue weighted by Gasteiger charge is -2.19. The number of thioether (sulfide) groups is 1. The highest BCUT2D eigenvalue weighted by Gasteiger charge is 2.32. The van der Waals surface area contributed by atoms with Crippen LogP contribution in [0.1, 0.15) is 27.4 Å². The number of alkyl halides is 3. The second kappa shape index (κ2) is 12.0. The first kappa shape index (κ1) is 27.1. The highest BCUT2D eigenvalue weighted by Crippen LogP contribution is 2.27. The highest BCUT2D eigenvalue weighted by atomic mass is 32.2. The molecule has 1 aliphatic rings. The van der Waals surface area contributed by atoms with Gasteiger partial charge in [-0.05, 0) is 53.9 Å². The van der Waals surface area contributed by atoms with Gasteiger partial charge in [0.25, 0.3) is 5.24 Å². The predicted molar refractivity (Wildman–Crippen MR) is 133 cm³/mol. The summed E-state index contributed by atoms with van der Waals surface area (Å²) >= 11 is 0.951. The molecule has 0 spiro atoms. The first-order chi connectivity index (χ1) is 18.2. The van der Waals surface area contributed by atoms with Gasteiger partial charge in [0, 0.05) is 0 Å². The lowest BCUT2D eigenvalue weighted by atomic mass is 10.0. The number of imide groups is 1. The normalized spacial score (nSPS) is 16.0. The third kappa shape index (κ3) is 7.75. The predicted octanol–water partition coefficient (Wildman–Crippen LogP) is 5.50. The highest BCUT2D eigenvalue weighted by molar-refractivity contribution is 8.15. The van der Waals surface area contributed by atoms with Gasteiger partial charge >= 0.3 is 12.3 Å². The van der Waals surface area contributed by atoms with Gasteiger partial charge in [-0.25, -0.2) is 4.79 Å². The molecule has 11 heteroatoms. The molecule has 38 heavy (non-hydrogen) atoms. The van der Waals surface area contributed by atoms with Crippen molar-refractivity contribution in [2.24, 2.45) is 0 Å². The molecule has 1 aliphatic heterocycles. The van der Waals surface area contributed by atoms with Gasteiger partial charge in [0.05, 0.1) is 23.3 Å². The molecule has 0 bridgehead atoms. The minimum absolute atomic E-state index is 0.0657. The number of amides is 2. The van der Waals surface area contributed by atoms with Crippen LogP contribution in [-0.4, -0.2) is 41.9 Å². The van der Waals surface area contributed by atoms with Crippen LogP contribution in [0.25, 0.3) is 0 Å². The van der Waals surface area contributed by atoms with Crippen molar-refractivity contribution in [3.63, 3.8) is 0 Å². The molecule has 4 rings (SSSR count). The lowest BCUT2D eigenvalue weighted by Crippen LogP contribution is -2.25. The standard InChI is InChI=1S/C27H22F3NO6S/c28-27(29,30)37-22-12-8-18(9-13-22)20(16-36-25(33)19-4-2-1-3-5-19)15-35-21-10-6-17(7-11-21)14-23-24(32)31-26(34)38-23/h1-13,20,23H,14-16H2,(H,31,32,34)/t20-,23?/m0/s1. The summed E-state index contributed by atoms with van der Waals surface area (Å²) < 4.78 is 52.8. The molecule has 1 N–H and O–H groups in total. The Kier molecular flexibility index (Phi) is 8.57. The van der Waals surface area contributed by atoms with Crippen molar-refractivity contribution in [3.8, 4) is 11.5 Å². The smallest absolute Gasteiger partial charge is 0.493 e. The minimum Gasteiger partial charge on any atom is -0.493 e. The van der Waals surface area contributed by atoms with Gasteiger partial charge < -0.3 is 14.2 Å². The van der Waals surface area contributed by atoms with Crippen LogP contribution in [0.5, 0.6) is 11.5 Å². The van der Waals surface area contributed by atoms with Crippen LogP contribution in [0.15, 0.2) is 78.9 Å². The molecule has 0 aliphatic carbocycles. The quantitative estimate of drug-likeness (QED) is 0.337. The molecule has 3 aromatic carbocycles. The fourth-order valence-corrected chi connectivity index (χ4v) is 4.54. The molecule has 3 aromatic rings. The van der Waals surface area contributed by atoms with E-state index in [1.165, 1.54) is 24.3 Å². The van der Waals surface area contributed by atoms with Crippen LogP contribution < -0.4 is 14.8 Å². The van der Waals surface area contributed by atoms with E-state index < -0.39 is 23.5 Å². The van der Waals surface area contributed by atoms with Gasteiger partial charge in [-0.3, -0.25) is 14.9 Å². The van der Waals surface area contributed by atoms with Gasteiger partial charge in [-0.1, -0.05) is 54.2 Å². The summed E-state index contributed by atoms with van der Waals surface area (Å²) in [5.74, 6) is -1.21. The zero-order valence-electron chi connectivity index (χ0n) is 19.8. The third-order valence-electron chi connectivity index (χ3n) is 5.57. The molecular weight excluding hydrogens is 523 g/mol. The van der Waals surface area contributed by atoms with Gasteiger partial charge in [0.15, 0.2) is 0 Å². The summed E-state index contributed by atoms with van der Waals surface area (Å²) in [6.07, 6.45) is -4.43. The van der Waals surface area contributed by atoms with Crippen molar-refractivity contribution >= 4 is 28.9 Å². The van der Waals surface area contributed by atoms with E-state index in [2.05, 4.69) is 10.1 Å². The summed E-state index contributed by atoms with van der Waals surface area (Å²) in [6.45, 7) is -0.0103. The first-order valence-corrected chi connectivity index (χ1v) is 12.4. The molecule has 0 aromatic heterocycles. The molecule has 0 saturated carbocycles. The van der Waals surface area contributed by atoms with Crippen molar-refractivity contribution in [3.05, 3.63) is 95.6 Å². The van der Waals surface area contributed by atoms with Crippen LogP contribution >= 0.6 is 11.8 Å². The van der Waals surface area contributed by atoms with E-state index in [9.17, 15) is 27.6 Å². The SMILES string of the molecule is O=C1NC(=O)C(Cc2ccc(OC[C@@H](COC(=O)c3ccccc3)c3ccc(OC(F)(F)F)cc3)cc2)S1. The van der Waals surface area contributed by atoms with Crippen molar-refractivity contribution in [2.75, 3.05) is 13.2 Å². The first-order valence-electron chi connectivity index (χ1n) is 11.5. The van der Waals surface area contributed by atoms with E-state index in [-0.39, 0.29) is 30.1 Å². The van der Waals surface area contributed by atoms with Gasteiger partial charge in [-0.15, -0.1) is 13.2 Å². The average molecular weight is 546 g/mol. The van der Waals surface area contributed by atoms with Gasteiger partial charge in [0.2, 0.25) is 5.91 Å². The molecule has 1 fully saturated rings. The Morgan fingerprint density at radius 2 is 1.55 bits per heavy atom. The molecule has 1 heterocycles. The van der Waals surface area contributed by atoms with E-state index in [0.29, 0.717) is 23.3 Å². The number of benzene rings is 3. The van der Waals surface area contributed by atoms with Crippen LogP contribution in [-0.2, 0) is 16.0 Å². The molecule has 1 saturated heterocycles. The molecule has 2 atom stereocenters. The lowest BCUT2D eigenvalue weighted by molar-refractivity contribution is -0.274. The zero-order chi connectivity index (χ0) is 27.1. The maximum Gasteiger partial charge on any atom is 0.573 e. The molecule has 7 nitrogen and oxygen atoms in total. The number of carbonyl (C=O) groups is 3. The van der Waals surface area contributed by atoms with E-state index in [4.69, 9.17) is 9.47 Å². The Bertz CT molecular complexity index is 1270. The molecule has 0 radical (unpaired) electrons. The number of nitrogens with one attached hydrogen (secondary N) is 1. The maximum absolute atomic E-state index is 12.5.